The molecule has 1 atom stereocenters. The maximum atomic E-state index is 12.2. The van der Waals surface area contributed by atoms with Gasteiger partial charge in [0.15, 0.2) is 0 Å². The summed E-state index contributed by atoms with van der Waals surface area (Å²) in [5, 5.41) is 8.88. The van der Waals surface area contributed by atoms with Gasteiger partial charge in [-0.3, -0.25) is 0 Å². The highest BCUT2D eigenvalue weighted by molar-refractivity contribution is 7.89. The minimum atomic E-state index is -3.77. The molecule has 0 spiro atoms. The smallest absolute Gasteiger partial charge is 0.242 e. The van der Waals surface area contributed by atoms with Gasteiger partial charge in [0.25, 0.3) is 0 Å². The number of halogens is 1. The first-order valence-corrected chi connectivity index (χ1v) is 7.72. The van der Waals surface area contributed by atoms with Gasteiger partial charge in [-0.1, -0.05) is 24.9 Å². The third kappa shape index (κ3) is 4.18. The SMILES string of the molecule is CCCC(CN)NS(=O)(=O)c1cc(C#N)ccc1Cl. The van der Waals surface area contributed by atoms with Crippen LogP contribution in [0.1, 0.15) is 25.3 Å². The summed E-state index contributed by atoms with van der Waals surface area (Å²) in [7, 11) is -3.77. The van der Waals surface area contributed by atoms with Gasteiger partial charge in [0.05, 0.1) is 16.7 Å². The Balaban J connectivity index is 3.10. The van der Waals surface area contributed by atoms with E-state index in [0.29, 0.717) is 6.42 Å². The van der Waals surface area contributed by atoms with Crippen LogP contribution in [0.5, 0.6) is 0 Å². The maximum absolute atomic E-state index is 12.2. The number of nitrogens with one attached hydrogen (secondary N) is 1. The molecule has 1 unspecified atom stereocenters. The molecule has 0 fully saturated rings. The first-order chi connectivity index (χ1) is 8.94. The van der Waals surface area contributed by atoms with Crippen molar-refractivity contribution in [3.8, 4) is 6.07 Å². The maximum Gasteiger partial charge on any atom is 0.242 e. The van der Waals surface area contributed by atoms with Crippen molar-refractivity contribution in [3.63, 3.8) is 0 Å². The van der Waals surface area contributed by atoms with Gasteiger partial charge in [-0.2, -0.15) is 5.26 Å². The normalized spacial score (nSPS) is 12.9. The molecule has 1 aromatic carbocycles. The Kier molecular flexibility index (Phi) is 5.76. The topological polar surface area (TPSA) is 96.0 Å². The summed E-state index contributed by atoms with van der Waals surface area (Å²) >= 11 is 5.88. The number of hydrogen-bond acceptors (Lipinski definition) is 4. The van der Waals surface area contributed by atoms with Crippen LogP contribution in [0.3, 0.4) is 0 Å². The van der Waals surface area contributed by atoms with Crippen molar-refractivity contribution in [1.82, 2.24) is 4.72 Å². The molecular weight excluding hydrogens is 286 g/mol. The van der Waals surface area contributed by atoms with Gasteiger partial charge in [-0.25, -0.2) is 13.1 Å². The second kappa shape index (κ2) is 6.87. The van der Waals surface area contributed by atoms with Crippen LogP contribution in [0.25, 0.3) is 0 Å². The Morgan fingerprint density at radius 3 is 2.74 bits per heavy atom. The van der Waals surface area contributed by atoms with Crippen molar-refractivity contribution in [2.45, 2.75) is 30.7 Å². The molecule has 0 amide bonds. The standard InChI is InChI=1S/C12H16ClN3O2S/c1-2-3-10(8-15)16-19(17,18)12-6-9(7-14)4-5-11(12)13/h4-6,10,16H,2-3,8,15H2,1H3. The molecule has 0 bridgehead atoms. The fraction of sp³-hybridized carbons (Fsp3) is 0.417. The summed E-state index contributed by atoms with van der Waals surface area (Å²) in [4.78, 5) is -0.0947. The Bertz CT molecular complexity index is 581. The number of sulfonamides is 1. The molecule has 0 aliphatic rings. The number of rotatable bonds is 6. The van der Waals surface area contributed by atoms with Crippen molar-refractivity contribution in [3.05, 3.63) is 28.8 Å². The van der Waals surface area contributed by atoms with E-state index in [1.165, 1.54) is 18.2 Å². The van der Waals surface area contributed by atoms with Gasteiger partial charge in [0.1, 0.15) is 4.90 Å². The van der Waals surface area contributed by atoms with Crippen LogP contribution >= 0.6 is 11.6 Å². The van der Waals surface area contributed by atoms with Crippen LogP contribution < -0.4 is 10.5 Å². The fourth-order valence-electron chi connectivity index (χ4n) is 1.64. The molecule has 19 heavy (non-hydrogen) atoms. The van der Waals surface area contributed by atoms with Crippen LogP contribution in [0.4, 0.5) is 0 Å². The summed E-state index contributed by atoms with van der Waals surface area (Å²) in [6.07, 6.45) is 1.46. The molecule has 3 N–H and O–H groups in total. The highest BCUT2D eigenvalue weighted by Crippen LogP contribution is 2.22. The minimum absolute atomic E-state index is 0.0822. The number of nitriles is 1. The van der Waals surface area contributed by atoms with Gasteiger partial charge in [-0.15, -0.1) is 0 Å². The van der Waals surface area contributed by atoms with E-state index in [1.54, 1.807) is 0 Å². The van der Waals surface area contributed by atoms with Crippen molar-refractivity contribution < 1.29 is 8.42 Å². The van der Waals surface area contributed by atoms with E-state index < -0.39 is 10.0 Å². The Labute approximate surface area is 118 Å². The van der Waals surface area contributed by atoms with E-state index in [4.69, 9.17) is 22.6 Å². The second-order valence-corrected chi connectivity index (χ2v) is 6.19. The number of nitrogens with two attached hydrogens (primary N) is 1. The van der Waals surface area contributed by atoms with Crippen molar-refractivity contribution in [1.29, 1.82) is 5.26 Å². The summed E-state index contributed by atoms with van der Waals surface area (Å²) in [5.74, 6) is 0. The quantitative estimate of drug-likeness (QED) is 0.834. The van der Waals surface area contributed by atoms with E-state index in [2.05, 4.69) is 4.72 Å². The highest BCUT2D eigenvalue weighted by Gasteiger charge is 2.21. The van der Waals surface area contributed by atoms with Gasteiger partial charge in [-0.05, 0) is 24.6 Å². The van der Waals surface area contributed by atoms with Crippen molar-refractivity contribution in [2.75, 3.05) is 6.54 Å². The van der Waals surface area contributed by atoms with Gasteiger partial charge >= 0.3 is 0 Å². The lowest BCUT2D eigenvalue weighted by molar-refractivity contribution is 0.527. The van der Waals surface area contributed by atoms with E-state index in [0.717, 1.165) is 6.42 Å². The second-order valence-electron chi connectivity index (χ2n) is 4.10. The largest absolute Gasteiger partial charge is 0.329 e. The summed E-state index contributed by atoms with van der Waals surface area (Å²) in [6, 6.07) is 5.66. The molecule has 1 aromatic rings. The Hall–Kier alpha value is -1.13. The molecule has 7 heteroatoms. The summed E-state index contributed by atoms with van der Waals surface area (Å²) in [5.41, 5.74) is 5.77. The van der Waals surface area contributed by atoms with E-state index in [9.17, 15) is 8.42 Å². The molecule has 0 saturated heterocycles. The molecule has 0 aromatic heterocycles. The average molecular weight is 302 g/mol. The Morgan fingerprint density at radius 1 is 1.53 bits per heavy atom. The zero-order chi connectivity index (χ0) is 14.5. The van der Waals surface area contributed by atoms with Gasteiger partial charge < -0.3 is 5.73 Å². The molecule has 0 saturated carbocycles. The first kappa shape index (κ1) is 15.9. The first-order valence-electron chi connectivity index (χ1n) is 5.86. The minimum Gasteiger partial charge on any atom is -0.329 e. The number of hydrogen-bond donors (Lipinski definition) is 2. The summed E-state index contributed by atoms with van der Waals surface area (Å²) < 4.78 is 26.9. The zero-order valence-electron chi connectivity index (χ0n) is 10.6. The van der Waals surface area contributed by atoms with Crippen LogP contribution in [0.15, 0.2) is 23.1 Å². The third-order valence-electron chi connectivity index (χ3n) is 2.59. The van der Waals surface area contributed by atoms with Crippen LogP contribution in [-0.2, 0) is 10.0 Å². The molecule has 0 heterocycles. The highest BCUT2D eigenvalue weighted by atomic mass is 35.5. The molecule has 5 nitrogen and oxygen atoms in total. The lowest BCUT2D eigenvalue weighted by Crippen LogP contribution is -2.40. The lowest BCUT2D eigenvalue weighted by Gasteiger charge is -2.16. The molecule has 1 rings (SSSR count). The van der Waals surface area contributed by atoms with Gasteiger partial charge in [0.2, 0.25) is 10.0 Å². The summed E-state index contributed by atoms with van der Waals surface area (Å²) in [6.45, 7) is 2.16. The number of benzene rings is 1. The fourth-order valence-corrected chi connectivity index (χ4v) is 3.44. The van der Waals surface area contributed by atoms with Gasteiger partial charge in [0, 0.05) is 12.6 Å². The Morgan fingerprint density at radius 2 is 2.21 bits per heavy atom. The number of nitrogens with zero attached hydrogens (tertiary/aromatic N) is 1. The zero-order valence-corrected chi connectivity index (χ0v) is 12.1. The van der Waals surface area contributed by atoms with E-state index >= 15 is 0 Å². The molecule has 0 radical (unpaired) electrons. The van der Waals surface area contributed by atoms with E-state index in [1.807, 2.05) is 13.0 Å². The monoisotopic (exact) mass is 301 g/mol. The molecule has 104 valence electrons. The van der Waals surface area contributed by atoms with Crippen molar-refractivity contribution >= 4 is 21.6 Å². The molecular formula is C12H16ClN3O2S. The van der Waals surface area contributed by atoms with Crippen LogP contribution in [0.2, 0.25) is 5.02 Å². The van der Waals surface area contributed by atoms with E-state index in [-0.39, 0.29) is 28.1 Å². The van der Waals surface area contributed by atoms with Crippen LogP contribution in [-0.4, -0.2) is 21.0 Å². The predicted octanol–water partition coefficient (Wildman–Crippen LogP) is 1.62. The van der Waals surface area contributed by atoms with Crippen LogP contribution in [0, 0.1) is 11.3 Å². The average Bonchev–Trinajstić information content (AvgIpc) is 2.38. The molecule has 0 aliphatic carbocycles. The van der Waals surface area contributed by atoms with Crippen molar-refractivity contribution in [2.24, 2.45) is 5.73 Å². The lowest BCUT2D eigenvalue weighted by atomic mass is 10.2. The molecule has 0 aliphatic heterocycles. The third-order valence-corrected chi connectivity index (χ3v) is 4.60. The predicted molar refractivity (Wildman–Crippen MR) is 74.2 cm³/mol.